The molecular formula is C20H25ClN4O2. The van der Waals surface area contributed by atoms with E-state index in [4.69, 9.17) is 21.4 Å². The van der Waals surface area contributed by atoms with Gasteiger partial charge in [-0.05, 0) is 31.4 Å². The third-order valence-electron chi connectivity index (χ3n) is 6.49. The monoisotopic (exact) mass is 388 g/mol. The first-order valence-corrected chi connectivity index (χ1v) is 10.2. The van der Waals surface area contributed by atoms with Gasteiger partial charge in [-0.25, -0.2) is 0 Å². The molecule has 2 aromatic rings. The highest BCUT2D eigenvalue weighted by Gasteiger charge is 2.49. The number of fused-ring (bicyclic) bond motifs is 2. The van der Waals surface area contributed by atoms with Crippen LogP contribution >= 0.6 is 11.6 Å². The normalized spacial score (nSPS) is 27.0. The average Bonchev–Trinajstić information content (AvgIpc) is 3.30. The highest BCUT2D eigenvalue weighted by atomic mass is 35.5. The summed E-state index contributed by atoms with van der Waals surface area (Å²) in [6, 6.07) is 6.92. The Morgan fingerprint density at radius 2 is 2.04 bits per heavy atom. The SMILES string of the molecule is Cn1nc(CN2CC[C@H]3[C@@H]2CC(=O)N3C2CCOCC2)c2c(Cl)cccc21. The fraction of sp³-hybridized carbons (Fsp3) is 0.600. The van der Waals surface area contributed by atoms with E-state index in [1.54, 1.807) is 0 Å². The molecule has 3 saturated heterocycles. The molecule has 0 unspecified atom stereocenters. The third kappa shape index (κ3) is 2.85. The number of carbonyl (C=O) groups is 1. The number of hydrogen-bond donors (Lipinski definition) is 0. The topological polar surface area (TPSA) is 50.6 Å². The number of aromatic nitrogens is 2. The molecule has 3 aliphatic rings. The first-order chi connectivity index (χ1) is 13.1. The van der Waals surface area contributed by atoms with Crippen molar-refractivity contribution in [2.45, 2.75) is 50.4 Å². The van der Waals surface area contributed by atoms with Crippen molar-refractivity contribution in [3.63, 3.8) is 0 Å². The number of rotatable bonds is 3. The standard InChI is InChI=1S/C20H25ClN4O2/c1-23-17-4-2-3-14(21)20(17)15(22-23)12-24-8-5-16-18(24)11-19(26)25(16)13-6-9-27-10-7-13/h2-4,13,16,18H,5-12H2,1H3/t16-,18-/m0/s1. The molecule has 1 aromatic heterocycles. The number of likely N-dealkylation sites (tertiary alicyclic amines) is 2. The van der Waals surface area contributed by atoms with Gasteiger partial charge in [0.1, 0.15) is 0 Å². The molecule has 1 amide bonds. The number of halogens is 1. The van der Waals surface area contributed by atoms with Crippen molar-refractivity contribution in [3.05, 3.63) is 28.9 Å². The lowest BCUT2D eigenvalue weighted by Gasteiger charge is -2.35. The molecule has 144 valence electrons. The molecule has 1 aromatic carbocycles. The smallest absolute Gasteiger partial charge is 0.224 e. The van der Waals surface area contributed by atoms with Gasteiger partial charge >= 0.3 is 0 Å². The fourth-order valence-electron chi connectivity index (χ4n) is 5.25. The lowest BCUT2D eigenvalue weighted by atomic mass is 10.0. The van der Waals surface area contributed by atoms with E-state index in [1.807, 2.05) is 23.9 Å². The van der Waals surface area contributed by atoms with Gasteiger partial charge in [0.05, 0.1) is 16.2 Å². The van der Waals surface area contributed by atoms with Crippen LogP contribution < -0.4 is 0 Å². The molecule has 2 atom stereocenters. The Hall–Kier alpha value is -1.63. The Kier molecular flexibility index (Phi) is 4.37. The molecule has 27 heavy (non-hydrogen) atoms. The van der Waals surface area contributed by atoms with Crippen LogP contribution in [0.1, 0.15) is 31.4 Å². The number of nitrogens with zero attached hydrogens (tertiary/aromatic N) is 4. The van der Waals surface area contributed by atoms with E-state index in [2.05, 4.69) is 15.9 Å². The van der Waals surface area contributed by atoms with Gasteiger partial charge in [0.15, 0.2) is 0 Å². The summed E-state index contributed by atoms with van der Waals surface area (Å²) in [5.74, 6) is 0.311. The van der Waals surface area contributed by atoms with Crippen molar-refractivity contribution >= 4 is 28.4 Å². The summed E-state index contributed by atoms with van der Waals surface area (Å²) in [5.41, 5.74) is 2.07. The second kappa shape index (κ2) is 6.76. The van der Waals surface area contributed by atoms with Gasteiger partial charge in [-0.2, -0.15) is 5.10 Å². The maximum absolute atomic E-state index is 12.8. The zero-order valence-electron chi connectivity index (χ0n) is 15.6. The largest absolute Gasteiger partial charge is 0.381 e. The fourth-order valence-corrected chi connectivity index (χ4v) is 5.53. The predicted octanol–water partition coefficient (Wildman–Crippen LogP) is 2.58. The van der Waals surface area contributed by atoms with Crippen molar-refractivity contribution in [2.24, 2.45) is 7.05 Å². The van der Waals surface area contributed by atoms with Crippen LogP contribution in [0.5, 0.6) is 0 Å². The van der Waals surface area contributed by atoms with E-state index >= 15 is 0 Å². The Bertz CT molecular complexity index is 876. The van der Waals surface area contributed by atoms with Gasteiger partial charge in [-0.15, -0.1) is 0 Å². The van der Waals surface area contributed by atoms with E-state index in [0.717, 1.165) is 67.2 Å². The number of aryl methyl sites for hydroxylation is 1. The number of carbonyl (C=O) groups excluding carboxylic acids is 1. The Morgan fingerprint density at radius 3 is 2.85 bits per heavy atom. The van der Waals surface area contributed by atoms with Crippen LogP contribution in [0.15, 0.2) is 18.2 Å². The summed E-state index contributed by atoms with van der Waals surface area (Å²) < 4.78 is 7.39. The molecule has 6 nitrogen and oxygen atoms in total. The van der Waals surface area contributed by atoms with Crippen molar-refractivity contribution < 1.29 is 9.53 Å². The lowest BCUT2D eigenvalue weighted by Crippen LogP contribution is -2.46. The number of amides is 1. The summed E-state index contributed by atoms with van der Waals surface area (Å²) >= 11 is 6.47. The van der Waals surface area contributed by atoms with Gasteiger partial charge in [0.25, 0.3) is 0 Å². The maximum atomic E-state index is 12.8. The number of benzene rings is 1. The van der Waals surface area contributed by atoms with Gasteiger partial charge in [-0.1, -0.05) is 17.7 Å². The minimum absolute atomic E-state index is 0.292. The first-order valence-electron chi connectivity index (χ1n) is 9.86. The minimum Gasteiger partial charge on any atom is -0.381 e. The van der Waals surface area contributed by atoms with E-state index in [-0.39, 0.29) is 0 Å². The van der Waals surface area contributed by atoms with E-state index < -0.39 is 0 Å². The maximum Gasteiger partial charge on any atom is 0.224 e. The molecule has 4 heterocycles. The van der Waals surface area contributed by atoms with Gasteiger partial charge in [-0.3, -0.25) is 14.4 Å². The zero-order chi connectivity index (χ0) is 18.5. The van der Waals surface area contributed by atoms with Crippen molar-refractivity contribution in [1.82, 2.24) is 19.6 Å². The van der Waals surface area contributed by atoms with Crippen LogP contribution in [0.25, 0.3) is 10.9 Å². The summed E-state index contributed by atoms with van der Waals surface area (Å²) in [6.45, 7) is 3.30. The lowest BCUT2D eigenvalue weighted by molar-refractivity contribution is -0.133. The highest BCUT2D eigenvalue weighted by Crippen LogP contribution is 2.37. The summed E-state index contributed by atoms with van der Waals surface area (Å²) in [5, 5.41) is 6.52. The molecule has 0 spiro atoms. The van der Waals surface area contributed by atoms with Gasteiger partial charge < -0.3 is 9.64 Å². The van der Waals surface area contributed by atoms with Crippen molar-refractivity contribution in [2.75, 3.05) is 19.8 Å². The van der Waals surface area contributed by atoms with Crippen LogP contribution in [-0.2, 0) is 23.1 Å². The van der Waals surface area contributed by atoms with Crippen LogP contribution in [0, 0.1) is 0 Å². The summed E-state index contributed by atoms with van der Waals surface area (Å²) in [7, 11) is 1.96. The molecule has 5 rings (SSSR count). The second-order valence-corrected chi connectivity index (χ2v) is 8.35. The molecule has 3 fully saturated rings. The zero-order valence-corrected chi connectivity index (χ0v) is 16.4. The molecule has 0 saturated carbocycles. The predicted molar refractivity (Wildman–Crippen MR) is 104 cm³/mol. The van der Waals surface area contributed by atoms with E-state index in [0.29, 0.717) is 30.5 Å². The second-order valence-electron chi connectivity index (χ2n) is 7.95. The third-order valence-corrected chi connectivity index (χ3v) is 6.81. The van der Waals surface area contributed by atoms with Crippen molar-refractivity contribution in [1.29, 1.82) is 0 Å². The molecule has 7 heteroatoms. The average molecular weight is 389 g/mol. The van der Waals surface area contributed by atoms with Gasteiger partial charge in [0, 0.05) is 63.3 Å². The molecule has 0 radical (unpaired) electrons. The van der Waals surface area contributed by atoms with Crippen molar-refractivity contribution in [3.8, 4) is 0 Å². The van der Waals surface area contributed by atoms with E-state index in [9.17, 15) is 4.79 Å². The van der Waals surface area contributed by atoms with Gasteiger partial charge in [0.2, 0.25) is 5.91 Å². The minimum atomic E-state index is 0.292. The molecule has 3 aliphatic heterocycles. The molecule has 0 bridgehead atoms. The molecule has 0 N–H and O–H groups in total. The van der Waals surface area contributed by atoms with Crippen LogP contribution in [0.2, 0.25) is 5.02 Å². The number of ether oxygens (including phenoxy) is 1. The first kappa shape index (κ1) is 17.5. The van der Waals surface area contributed by atoms with Crippen LogP contribution in [-0.4, -0.2) is 63.4 Å². The molecule has 0 aliphatic carbocycles. The summed E-state index contributed by atoms with van der Waals surface area (Å²) in [6.07, 6.45) is 3.61. The Balaban J connectivity index is 1.39. The van der Waals surface area contributed by atoms with E-state index in [1.165, 1.54) is 0 Å². The molecular weight excluding hydrogens is 364 g/mol. The van der Waals surface area contributed by atoms with Crippen LogP contribution in [0.3, 0.4) is 0 Å². The Morgan fingerprint density at radius 1 is 1.22 bits per heavy atom. The quantitative estimate of drug-likeness (QED) is 0.811. The van der Waals surface area contributed by atoms with Crippen LogP contribution in [0.4, 0.5) is 0 Å². The Labute approximate surface area is 164 Å². The highest BCUT2D eigenvalue weighted by molar-refractivity contribution is 6.35. The summed E-state index contributed by atoms with van der Waals surface area (Å²) in [4.78, 5) is 17.4. The number of hydrogen-bond acceptors (Lipinski definition) is 4.